The molecule has 1 aliphatic heterocycles. The molecule has 1 fully saturated rings. The second kappa shape index (κ2) is 8.36. The lowest BCUT2D eigenvalue weighted by molar-refractivity contribution is -0.121. The van der Waals surface area contributed by atoms with Crippen molar-refractivity contribution in [2.24, 2.45) is 5.92 Å². The summed E-state index contributed by atoms with van der Waals surface area (Å²) in [6.07, 6.45) is 3.17. The molecular weight excluding hydrogens is 333 g/mol. The Balaban J connectivity index is 2.11. The molecule has 1 saturated heterocycles. The first kappa shape index (κ1) is 18.6. The number of rotatable bonds is 6. The van der Waals surface area contributed by atoms with E-state index in [1.54, 1.807) is 6.07 Å². The van der Waals surface area contributed by atoms with Crippen LogP contribution in [-0.4, -0.2) is 25.7 Å². The molecule has 1 amide bonds. The lowest BCUT2D eigenvalue weighted by Crippen LogP contribution is -2.44. The molecule has 1 aromatic rings. The average Bonchev–Trinajstić information content (AvgIpc) is 2.51. The Labute approximate surface area is 148 Å². The van der Waals surface area contributed by atoms with Gasteiger partial charge in [-0.1, -0.05) is 43.1 Å². The van der Waals surface area contributed by atoms with Gasteiger partial charge in [0.25, 0.3) is 0 Å². The quantitative estimate of drug-likeness (QED) is 0.808. The van der Waals surface area contributed by atoms with Crippen LogP contribution in [0.15, 0.2) is 18.2 Å². The van der Waals surface area contributed by atoms with Gasteiger partial charge in [0.15, 0.2) is 0 Å². The molecular formula is C18H25Cl2NO2. The topological polar surface area (TPSA) is 38.3 Å². The zero-order chi connectivity index (χ0) is 16.9. The molecule has 0 aliphatic carbocycles. The van der Waals surface area contributed by atoms with Gasteiger partial charge in [0.2, 0.25) is 5.91 Å². The van der Waals surface area contributed by atoms with Gasteiger partial charge in [0.05, 0.1) is 0 Å². The highest BCUT2D eigenvalue weighted by Crippen LogP contribution is 2.39. The van der Waals surface area contributed by atoms with Crippen molar-refractivity contribution in [3.63, 3.8) is 0 Å². The van der Waals surface area contributed by atoms with Crippen LogP contribution in [0.25, 0.3) is 0 Å². The minimum atomic E-state index is -0.173. The van der Waals surface area contributed by atoms with Crippen LogP contribution < -0.4 is 5.32 Å². The van der Waals surface area contributed by atoms with Crippen LogP contribution in [0.4, 0.5) is 0 Å². The lowest BCUT2D eigenvalue weighted by atomic mass is 9.74. The molecule has 3 nitrogen and oxygen atoms in total. The molecule has 2 rings (SSSR count). The minimum Gasteiger partial charge on any atom is -0.381 e. The fourth-order valence-electron chi connectivity index (χ4n) is 3.00. The van der Waals surface area contributed by atoms with E-state index in [9.17, 15) is 4.79 Å². The van der Waals surface area contributed by atoms with Crippen LogP contribution >= 0.6 is 23.2 Å². The maximum Gasteiger partial charge on any atom is 0.220 e. The summed E-state index contributed by atoms with van der Waals surface area (Å²) in [6.45, 7) is 6.21. The monoisotopic (exact) mass is 357 g/mol. The van der Waals surface area contributed by atoms with E-state index in [-0.39, 0.29) is 11.3 Å². The summed E-state index contributed by atoms with van der Waals surface area (Å²) in [7, 11) is 0. The molecule has 1 N–H and O–H groups in total. The van der Waals surface area contributed by atoms with Gasteiger partial charge in [-0.25, -0.2) is 0 Å². The average molecular weight is 358 g/mol. The third-order valence-electron chi connectivity index (χ3n) is 4.53. The molecule has 128 valence electrons. The van der Waals surface area contributed by atoms with Crippen LogP contribution in [0.2, 0.25) is 10.0 Å². The Morgan fingerprint density at radius 1 is 1.30 bits per heavy atom. The number of halogens is 2. The zero-order valence-corrected chi connectivity index (χ0v) is 15.3. The second-order valence-corrected chi connectivity index (χ2v) is 7.57. The number of ether oxygens (including phenoxy) is 1. The van der Waals surface area contributed by atoms with E-state index in [0.717, 1.165) is 24.8 Å². The highest BCUT2D eigenvalue weighted by Gasteiger charge is 2.36. The van der Waals surface area contributed by atoms with Crippen molar-refractivity contribution in [3.8, 4) is 0 Å². The van der Waals surface area contributed by atoms with Crippen LogP contribution in [-0.2, 0) is 14.9 Å². The van der Waals surface area contributed by atoms with Crippen molar-refractivity contribution in [1.29, 1.82) is 0 Å². The van der Waals surface area contributed by atoms with Crippen LogP contribution in [0.3, 0.4) is 0 Å². The van der Waals surface area contributed by atoms with E-state index in [1.165, 1.54) is 0 Å². The highest BCUT2D eigenvalue weighted by molar-refractivity contribution is 6.35. The molecule has 0 atom stereocenters. The van der Waals surface area contributed by atoms with Gasteiger partial charge in [-0.15, -0.1) is 0 Å². The number of benzene rings is 1. The number of hydrogen-bond acceptors (Lipinski definition) is 2. The van der Waals surface area contributed by atoms with Gasteiger partial charge in [-0.05, 0) is 42.9 Å². The standard InChI is InChI=1S/C18H25Cl2NO2/c1-13(2)3-6-17(22)21-12-18(7-9-23-10-8-18)15-5-4-14(19)11-16(15)20/h4-5,11,13H,3,6-10,12H2,1-2H3,(H,21,22). The van der Waals surface area contributed by atoms with Crippen LogP contribution in [0, 0.1) is 5.92 Å². The van der Waals surface area contributed by atoms with E-state index in [1.807, 2.05) is 12.1 Å². The van der Waals surface area contributed by atoms with Gasteiger partial charge in [-0.3, -0.25) is 4.79 Å². The van der Waals surface area contributed by atoms with Gasteiger partial charge < -0.3 is 10.1 Å². The first-order valence-corrected chi connectivity index (χ1v) is 8.98. The van der Waals surface area contributed by atoms with Crippen molar-refractivity contribution in [2.45, 2.75) is 44.9 Å². The molecule has 1 aliphatic rings. The first-order chi connectivity index (χ1) is 10.9. The fraction of sp³-hybridized carbons (Fsp3) is 0.611. The number of carbonyl (C=O) groups excluding carboxylic acids is 1. The van der Waals surface area contributed by atoms with Gasteiger partial charge in [-0.2, -0.15) is 0 Å². The molecule has 23 heavy (non-hydrogen) atoms. The number of nitrogens with one attached hydrogen (secondary N) is 1. The molecule has 0 unspecified atom stereocenters. The third-order valence-corrected chi connectivity index (χ3v) is 5.07. The van der Waals surface area contributed by atoms with Crippen molar-refractivity contribution in [2.75, 3.05) is 19.8 Å². The molecule has 0 bridgehead atoms. The Morgan fingerprint density at radius 2 is 2.00 bits per heavy atom. The Morgan fingerprint density at radius 3 is 2.61 bits per heavy atom. The maximum atomic E-state index is 12.1. The molecule has 1 aromatic carbocycles. The van der Waals surface area contributed by atoms with E-state index in [2.05, 4.69) is 19.2 Å². The maximum absolute atomic E-state index is 12.1. The summed E-state index contributed by atoms with van der Waals surface area (Å²) in [5.74, 6) is 0.637. The number of amides is 1. The Hall–Kier alpha value is -0.770. The van der Waals surface area contributed by atoms with E-state index < -0.39 is 0 Å². The normalized spacial score (nSPS) is 17.3. The Bertz CT molecular complexity index is 540. The van der Waals surface area contributed by atoms with Crippen molar-refractivity contribution in [3.05, 3.63) is 33.8 Å². The molecule has 5 heteroatoms. The van der Waals surface area contributed by atoms with Crippen LogP contribution in [0.1, 0.15) is 45.1 Å². The smallest absolute Gasteiger partial charge is 0.220 e. The second-order valence-electron chi connectivity index (χ2n) is 6.73. The van der Waals surface area contributed by atoms with Gasteiger partial charge in [0, 0.05) is 41.6 Å². The van der Waals surface area contributed by atoms with Gasteiger partial charge in [0.1, 0.15) is 0 Å². The Kier molecular flexibility index (Phi) is 6.75. The summed E-state index contributed by atoms with van der Waals surface area (Å²) in [5.41, 5.74) is 0.879. The highest BCUT2D eigenvalue weighted by atomic mass is 35.5. The van der Waals surface area contributed by atoms with Crippen molar-refractivity contribution >= 4 is 29.1 Å². The first-order valence-electron chi connectivity index (χ1n) is 8.23. The van der Waals surface area contributed by atoms with E-state index in [0.29, 0.717) is 42.1 Å². The van der Waals surface area contributed by atoms with E-state index >= 15 is 0 Å². The largest absolute Gasteiger partial charge is 0.381 e. The summed E-state index contributed by atoms with van der Waals surface area (Å²) in [4.78, 5) is 12.1. The van der Waals surface area contributed by atoms with Gasteiger partial charge >= 0.3 is 0 Å². The number of carbonyl (C=O) groups is 1. The molecule has 0 saturated carbocycles. The summed E-state index contributed by atoms with van der Waals surface area (Å²) in [6, 6.07) is 5.62. The summed E-state index contributed by atoms with van der Waals surface area (Å²) >= 11 is 12.5. The number of hydrogen-bond donors (Lipinski definition) is 1. The lowest BCUT2D eigenvalue weighted by Gasteiger charge is -2.38. The zero-order valence-electron chi connectivity index (χ0n) is 13.8. The minimum absolute atomic E-state index is 0.106. The molecule has 0 aromatic heterocycles. The molecule has 0 radical (unpaired) electrons. The molecule has 1 heterocycles. The SMILES string of the molecule is CC(C)CCC(=O)NCC1(c2ccc(Cl)cc2Cl)CCOCC1. The summed E-state index contributed by atoms with van der Waals surface area (Å²) in [5, 5.41) is 4.39. The predicted octanol–water partition coefficient (Wildman–Crippen LogP) is 4.59. The predicted molar refractivity (Wildman–Crippen MR) is 95.3 cm³/mol. The van der Waals surface area contributed by atoms with Crippen molar-refractivity contribution < 1.29 is 9.53 Å². The van der Waals surface area contributed by atoms with E-state index in [4.69, 9.17) is 27.9 Å². The third kappa shape index (κ3) is 5.10. The summed E-state index contributed by atoms with van der Waals surface area (Å²) < 4.78 is 5.51. The fourth-order valence-corrected chi connectivity index (χ4v) is 3.61. The molecule has 0 spiro atoms. The van der Waals surface area contributed by atoms with Crippen molar-refractivity contribution in [1.82, 2.24) is 5.32 Å². The van der Waals surface area contributed by atoms with Crippen LogP contribution in [0.5, 0.6) is 0 Å².